The molecule has 0 aliphatic rings. The Balaban J connectivity index is 2.29. The van der Waals surface area contributed by atoms with Crippen LogP contribution in [0.1, 0.15) is 0 Å². The van der Waals surface area contributed by atoms with Crippen molar-refractivity contribution in [1.82, 2.24) is 9.36 Å². The average Bonchev–Trinajstić information content (AvgIpc) is 2.57. The number of halogens is 5. The van der Waals surface area contributed by atoms with Crippen molar-refractivity contribution in [3.05, 3.63) is 0 Å². The Bertz CT molecular complexity index is 369. The fraction of sp³-hybridized carbons (Fsp3) is 0.667. The number of nitrogens with two attached hydrogens (primary N) is 1. The normalized spacial score (nSPS) is 13.0. The molecule has 4 nitrogen and oxygen atoms in total. The summed E-state index contributed by atoms with van der Waals surface area (Å²) in [6.45, 7) is -0.781. The predicted octanol–water partition coefficient (Wildman–Crippen LogP) is 2.38. The van der Waals surface area contributed by atoms with E-state index in [0.717, 1.165) is 23.3 Å². The second-order valence-corrected chi connectivity index (χ2v) is 4.47. The van der Waals surface area contributed by atoms with Gasteiger partial charge < -0.3 is 10.5 Å². The first kappa shape index (κ1) is 14.4. The van der Waals surface area contributed by atoms with Crippen molar-refractivity contribution in [2.45, 2.75) is 17.4 Å². The molecule has 2 N–H and O–H groups in total. The lowest BCUT2D eigenvalue weighted by Gasteiger charge is -2.18. The molecule has 0 radical (unpaired) electrons. The molecule has 11 heteroatoms. The van der Waals surface area contributed by atoms with Crippen LogP contribution in [0.4, 0.5) is 27.1 Å². The first-order chi connectivity index (χ1) is 7.72. The zero-order valence-electron chi connectivity index (χ0n) is 8.00. The van der Waals surface area contributed by atoms with Gasteiger partial charge in [0.2, 0.25) is 10.3 Å². The van der Waals surface area contributed by atoms with Crippen molar-refractivity contribution in [3.63, 3.8) is 0 Å². The molecule has 0 atom stereocenters. The molecule has 0 aromatic carbocycles. The van der Waals surface area contributed by atoms with E-state index in [4.69, 9.17) is 5.73 Å². The highest BCUT2D eigenvalue weighted by molar-refractivity contribution is 7.99. The predicted molar refractivity (Wildman–Crippen MR) is 52.0 cm³/mol. The number of nitrogens with zero attached hydrogens (tertiary/aromatic N) is 2. The van der Waals surface area contributed by atoms with E-state index >= 15 is 0 Å². The van der Waals surface area contributed by atoms with Crippen LogP contribution >= 0.6 is 23.3 Å². The molecule has 0 saturated carbocycles. The molecule has 0 amide bonds. The summed E-state index contributed by atoms with van der Waals surface area (Å²) in [4.78, 5) is 3.68. The maximum Gasteiger partial charge on any atom is 0.482 e. The Labute approximate surface area is 101 Å². The molecule has 0 bridgehead atoms. The van der Waals surface area contributed by atoms with Crippen molar-refractivity contribution < 1.29 is 26.7 Å². The molecular formula is C6H6F5N3OS2. The van der Waals surface area contributed by atoms with Crippen LogP contribution in [-0.4, -0.2) is 34.0 Å². The van der Waals surface area contributed by atoms with E-state index in [0.29, 0.717) is 0 Å². The molecule has 0 fully saturated rings. The standard InChI is InChI=1S/C6H6F5N3OS2/c7-5(8,9)6(10,11)15-1-2-16-4-13-3(12)17-14-4/h1-2H2,(H2,12,13,14). The van der Waals surface area contributed by atoms with Crippen LogP contribution in [0.3, 0.4) is 0 Å². The van der Waals surface area contributed by atoms with E-state index in [-0.39, 0.29) is 16.0 Å². The summed E-state index contributed by atoms with van der Waals surface area (Å²) < 4.78 is 66.7. The van der Waals surface area contributed by atoms with Gasteiger partial charge in [0.1, 0.15) is 0 Å². The van der Waals surface area contributed by atoms with Gasteiger partial charge in [-0.25, -0.2) is 0 Å². The number of alkyl halides is 5. The zero-order valence-corrected chi connectivity index (χ0v) is 9.63. The highest BCUT2D eigenvalue weighted by Crippen LogP contribution is 2.36. The van der Waals surface area contributed by atoms with Crippen molar-refractivity contribution in [2.75, 3.05) is 18.1 Å². The fourth-order valence-electron chi connectivity index (χ4n) is 0.664. The zero-order chi connectivity index (χ0) is 13.1. The van der Waals surface area contributed by atoms with E-state index < -0.39 is 18.9 Å². The van der Waals surface area contributed by atoms with E-state index in [2.05, 4.69) is 14.1 Å². The number of anilines is 1. The van der Waals surface area contributed by atoms with E-state index in [1.807, 2.05) is 0 Å². The van der Waals surface area contributed by atoms with Crippen LogP contribution < -0.4 is 5.73 Å². The molecule has 17 heavy (non-hydrogen) atoms. The largest absolute Gasteiger partial charge is 0.482 e. The van der Waals surface area contributed by atoms with Crippen molar-refractivity contribution in [2.24, 2.45) is 0 Å². The molecule has 0 saturated heterocycles. The highest BCUT2D eigenvalue weighted by atomic mass is 32.2. The third kappa shape index (κ3) is 4.24. The van der Waals surface area contributed by atoms with Gasteiger partial charge >= 0.3 is 12.3 Å². The topological polar surface area (TPSA) is 61.0 Å². The summed E-state index contributed by atoms with van der Waals surface area (Å²) >= 11 is 1.77. The van der Waals surface area contributed by atoms with Crippen molar-refractivity contribution in [3.8, 4) is 0 Å². The van der Waals surface area contributed by atoms with Crippen LogP contribution in [0.25, 0.3) is 0 Å². The Morgan fingerprint density at radius 3 is 2.41 bits per heavy atom. The lowest BCUT2D eigenvalue weighted by atomic mass is 10.6. The van der Waals surface area contributed by atoms with Gasteiger partial charge in [-0.1, -0.05) is 11.8 Å². The van der Waals surface area contributed by atoms with Crippen molar-refractivity contribution >= 4 is 28.4 Å². The first-order valence-corrected chi connectivity index (χ1v) is 5.79. The van der Waals surface area contributed by atoms with Gasteiger partial charge in [-0.3, -0.25) is 0 Å². The van der Waals surface area contributed by atoms with Crippen LogP contribution in [0.2, 0.25) is 0 Å². The maximum absolute atomic E-state index is 12.3. The van der Waals surface area contributed by atoms with E-state index in [1.54, 1.807) is 0 Å². The molecule has 0 spiro atoms. The van der Waals surface area contributed by atoms with Crippen LogP contribution in [0.15, 0.2) is 5.16 Å². The number of ether oxygens (including phenoxy) is 1. The minimum absolute atomic E-state index is 0.137. The quantitative estimate of drug-likeness (QED) is 0.513. The smallest absolute Gasteiger partial charge is 0.374 e. The Kier molecular flexibility index (Phi) is 4.49. The minimum atomic E-state index is -5.71. The second-order valence-electron chi connectivity index (χ2n) is 2.63. The number of thioether (sulfide) groups is 1. The SMILES string of the molecule is Nc1nc(SCCOC(F)(F)C(F)(F)F)ns1. The molecule has 0 aliphatic heterocycles. The summed E-state index contributed by atoms with van der Waals surface area (Å²) in [6.07, 6.45) is -10.8. The first-order valence-electron chi connectivity index (χ1n) is 4.03. The molecule has 1 heterocycles. The number of hydrogen-bond donors (Lipinski definition) is 1. The molecule has 98 valence electrons. The van der Waals surface area contributed by atoms with Gasteiger partial charge in [-0.2, -0.15) is 31.3 Å². The summed E-state index contributed by atoms with van der Waals surface area (Å²) in [5.74, 6) is -0.137. The monoisotopic (exact) mass is 295 g/mol. The summed E-state index contributed by atoms with van der Waals surface area (Å²) in [5.41, 5.74) is 5.24. The fourth-order valence-corrected chi connectivity index (χ4v) is 1.90. The van der Waals surface area contributed by atoms with Gasteiger partial charge in [-0.15, -0.1) is 0 Å². The number of rotatable bonds is 5. The van der Waals surface area contributed by atoms with Crippen LogP contribution in [0, 0.1) is 0 Å². The van der Waals surface area contributed by atoms with Gasteiger partial charge in [0.25, 0.3) is 0 Å². The van der Waals surface area contributed by atoms with Gasteiger partial charge in [-0.05, 0) is 0 Å². The molecule has 1 rings (SSSR count). The average molecular weight is 295 g/mol. The minimum Gasteiger partial charge on any atom is -0.374 e. The molecule has 0 aliphatic carbocycles. The third-order valence-electron chi connectivity index (χ3n) is 1.35. The highest BCUT2D eigenvalue weighted by Gasteiger charge is 2.59. The Morgan fingerprint density at radius 2 is 1.94 bits per heavy atom. The number of nitrogen functional groups attached to an aromatic ring is 1. The van der Waals surface area contributed by atoms with Crippen LogP contribution in [-0.2, 0) is 4.74 Å². The molecule has 0 unspecified atom stereocenters. The Morgan fingerprint density at radius 1 is 1.29 bits per heavy atom. The van der Waals surface area contributed by atoms with Crippen molar-refractivity contribution in [1.29, 1.82) is 0 Å². The van der Waals surface area contributed by atoms with Gasteiger partial charge in [0.15, 0.2) is 0 Å². The summed E-state index contributed by atoms with van der Waals surface area (Å²) in [5, 5.41) is 0.403. The van der Waals surface area contributed by atoms with E-state index in [1.165, 1.54) is 0 Å². The number of hydrogen-bond acceptors (Lipinski definition) is 6. The molecule has 1 aromatic heterocycles. The van der Waals surface area contributed by atoms with Gasteiger partial charge in [0, 0.05) is 17.3 Å². The number of aromatic nitrogens is 2. The summed E-state index contributed by atoms with van der Waals surface area (Å²) in [6, 6.07) is 0. The molecule has 1 aromatic rings. The van der Waals surface area contributed by atoms with Crippen LogP contribution in [0.5, 0.6) is 0 Å². The second kappa shape index (κ2) is 5.31. The lowest BCUT2D eigenvalue weighted by Crippen LogP contribution is -2.39. The molecular weight excluding hydrogens is 289 g/mol. The maximum atomic E-state index is 12.3. The van der Waals surface area contributed by atoms with E-state index in [9.17, 15) is 22.0 Å². The Hall–Kier alpha value is -0.680. The van der Waals surface area contributed by atoms with Gasteiger partial charge in [0.05, 0.1) is 6.61 Å². The lowest BCUT2D eigenvalue weighted by molar-refractivity contribution is -0.389. The third-order valence-corrected chi connectivity index (χ3v) is 2.82. The summed E-state index contributed by atoms with van der Waals surface area (Å²) in [7, 11) is 0.